The smallest absolute Gasteiger partial charge is 0.267 e. The van der Waals surface area contributed by atoms with Crippen LogP contribution in [-0.2, 0) is 16.1 Å². The monoisotopic (exact) mass is 422 g/mol. The van der Waals surface area contributed by atoms with Gasteiger partial charge in [0.1, 0.15) is 6.54 Å². The van der Waals surface area contributed by atoms with Gasteiger partial charge in [0.2, 0.25) is 11.8 Å². The summed E-state index contributed by atoms with van der Waals surface area (Å²) >= 11 is 1.52. The first kappa shape index (κ1) is 21.3. The third kappa shape index (κ3) is 5.36. The lowest BCUT2D eigenvalue weighted by molar-refractivity contribution is -0.134. The lowest BCUT2D eigenvalue weighted by Gasteiger charge is -2.18. The van der Waals surface area contributed by atoms with Crippen LogP contribution in [0.3, 0.4) is 0 Å². The number of benzene rings is 2. The second-order valence-corrected chi connectivity index (χ2v) is 7.43. The van der Waals surface area contributed by atoms with E-state index in [1.165, 1.54) is 29.8 Å². The van der Waals surface area contributed by atoms with E-state index >= 15 is 0 Å². The van der Waals surface area contributed by atoms with Gasteiger partial charge in [-0.05, 0) is 24.5 Å². The van der Waals surface area contributed by atoms with E-state index in [-0.39, 0.29) is 30.5 Å². The number of nitrogens with one attached hydrogen (secondary N) is 1. The van der Waals surface area contributed by atoms with Crippen molar-refractivity contribution in [2.45, 2.75) is 11.4 Å². The molecule has 2 amide bonds. The summed E-state index contributed by atoms with van der Waals surface area (Å²) in [5.41, 5.74) is 1.76. The van der Waals surface area contributed by atoms with E-state index in [0.29, 0.717) is 11.4 Å². The Labute approximate surface area is 178 Å². The Morgan fingerprint density at radius 2 is 1.73 bits per heavy atom. The maximum absolute atomic E-state index is 12.6. The number of likely N-dealkylation sites (N-methyl/N-ethyl adjacent to an activating group) is 1. The molecule has 2 aromatic carbocycles. The minimum absolute atomic E-state index is 0.130. The fourth-order valence-electron chi connectivity index (χ4n) is 2.82. The topological polar surface area (TPSA) is 84.3 Å². The highest BCUT2D eigenvalue weighted by atomic mass is 32.2. The van der Waals surface area contributed by atoms with E-state index in [9.17, 15) is 14.4 Å². The maximum atomic E-state index is 12.6. The minimum atomic E-state index is -0.386. The molecule has 154 valence electrons. The van der Waals surface area contributed by atoms with E-state index in [0.717, 1.165) is 15.1 Å². The average Bonchev–Trinajstić information content (AvgIpc) is 2.76. The third-order valence-electron chi connectivity index (χ3n) is 4.41. The predicted octanol–water partition coefficient (Wildman–Crippen LogP) is 2.73. The molecule has 1 N–H and O–H groups in total. The molecule has 0 atom stereocenters. The van der Waals surface area contributed by atoms with Gasteiger partial charge in [-0.15, -0.1) is 11.8 Å². The van der Waals surface area contributed by atoms with Crippen molar-refractivity contribution in [3.05, 3.63) is 77.1 Å². The number of hydrogen-bond acceptors (Lipinski definition) is 5. The zero-order valence-electron chi connectivity index (χ0n) is 16.7. The molecule has 7 nitrogen and oxygen atoms in total. The number of para-hydroxylation sites is 1. The Kier molecular flexibility index (Phi) is 7.03. The first-order valence-corrected chi connectivity index (χ1v) is 10.5. The molecule has 0 radical (unpaired) electrons. The number of carbonyl (C=O) groups excluding carboxylic acids is 2. The largest absolute Gasteiger partial charge is 0.335 e. The molecule has 1 heterocycles. The molecule has 30 heavy (non-hydrogen) atoms. The van der Waals surface area contributed by atoms with Crippen molar-refractivity contribution >= 4 is 29.3 Å². The van der Waals surface area contributed by atoms with Gasteiger partial charge in [0.05, 0.1) is 17.9 Å². The maximum Gasteiger partial charge on any atom is 0.267 e. The minimum Gasteiger partial charge on any atom is -0.335 e. The van der Waals surface area contributed by atoms with Crippen LogP contribution in [-0.4, -0.2) is 46.3 Å². The van der Waals surface area contributed by atoms with E-state index in [1.807, 2.05) is 60.9 Å². The fourth-order valence-corrected chi connectivity index (χ4v) is 3.37. The molecular weight excluding hydrogens is 400 g/mol. The normalized spacial score (nSPS) is 10.5. The van der Waals surface area contributed by atoms with Gasteiger partial charge in [-0.25, -0.2) is 4.68 Å². The van der Waals surface area contributed by atoms with Gasteiger partial charge in [0.25, 0.3) is 5.56 Å². The average molecular weight is 423 g/mol. The molecule has 0 aliphatic rings. The lowest BCUT2D eigenvalue weighted by atomic mass is 10.1. The van der Waals surface area contributed by atoms with Crippen LogP contribution in [0.4, 0.5) is 5.69 Å². The number of nitrogens with zero attached hydrogens (tertiary/aromatic N) is 3. The van der Waals surface area contributed by atoms with Crippen LogP contribution in [0.15, 0.2) is 76.4 Å². The Morgan fingerprint density at radius 3 is 2.47 bits per heavy atom. The Balaban J connectivity index is 1.65. The quantitative estimate of drug-likeness (QED) is 0.592. The van der Waals surface area contributed by atoms with Crippen LogP contribution in [0.1, 0.15) is 0 Å². The number of carbonyl (C=O) groups is 2. The first-order chi connectivity index (χ1) is 14.5. The number of rotatable bonds is 7. The van der Waals surface area contributed by atoms with Crippen molar-refractivity contribution in [1.82, 2.24) is 14.7 Å². The highest BCUT2D eigenvalue weighted by molar-refractivity contribution is 7.98. The lowest BCUT2D eigenvalue weighted by Crippen LogP contribution is -2.39. The summed E-state index contributed by atoms with van der Waals surface area (Å²) in [6.45, 7) is -0.376. The molecule has 3 aromatic rings. The van der Waals surface area contributed by atoms with E-state index in [1.54, 1.807) is 6.07 Å². The van der Waals surface area contributed by atoms with E-state index < -0.39 is 0 Å². The zero-order chi connectivity index (χ0) is 21.5. The SMILES string of the molecule is CSc1ccccc1NC(=O)CN(C)C(=O)Cn1nc(-c2ccccc2)ccc1=O. The van der Waals surface area contributed by atoms with Crippen molar-refractivity contribution in [2.75, 3.05) is 25.2 Å². The summed E-state index contributed by atoms with van der Waals surface area (Å²) in [7, 11) is 1.52. The highest BCUT2D eigenvalue weighted by Gasteiger charge is 2.16. The highest BCUT2D eigenvalue weighted by Crippen LogP contribution is 2.24. The zero-order valence-corrected chi connectivity index (χ0v) is 17.6. The third-order valence-corrected chi connectivity index (χ3v) is 5.20. The van der Waals surface area contributed by atoms with Gasteiger partial charge >= 0.3 is 0 Å². The van der Waals surface area contributed by atoms with Crippen LogP contribution in [0, 0.1) is 0 Å². The van der Waals surface area contributed by atoms with Crippen molar-refractivity contribution in [3.8, 4) is 11.3 Å². The molecule has 0 spiro atoms. The molecule has 0 fully saturated rings. The van der Waals surface area contributed by atoms with Crippen molar-refractivity contribution in [3.63, 3.8) is 0 Å². The summed E-state index contributed by atoms with van der Waals surface area (Å²) in [4.78, 5) is 39.3. The molecule has 0 bridgehead atoms. The summed E-state index contributed by atoms with van der Waals surface area (Å²) in [6.07, 6.45) is 1.93. The summed E-state index contributed by atoms with van der Waals surface area (Å²) in [6, 6.07) is 19.8. The van der Waals surface area contributed by atoms with E-state index in [4.69, 9.17) is 0 Å². The predicted molar refractivity (Wildman–Crippen MR) is 118 cm³/mol. The number of hydrogen-bond donors (Lipinski definition) is 1. The first-order valence-electron chi connectivity index (χ1n) is 9.28. The van der Waals surface area contributed by atoms with E-state index in [2.05, 4.69) is 10.4 Å². The summed E-state index contributed by atoms with van der Waals surface area (Å²) < 4.78 is 1.11. The standard InChI is InChI=1S/C22H22N4O3S/c1-25(14-20(27)23-18-10-6-7-11-19(18)30-2)22(29)15-26-21(28)13-12-17(24-26)16-8-4-3-5-9-16/h3-13H,14-15H2,1-2H3,(H,23,27). The number of thioether (sulfide) groups is 1. The van der Waals surface area contributed by atoms with Gasteiger partial charge < -0.3 is 10.2 Å². The van der Waals surface area contributed by atoms with Crippen LogP contribution in [0.25, 0.3) is 11.3 Å². The number of aromatic nitrogens is 2. The second-order valence-electron chi connectivity index (χ2n) is 6.58. The van der Waals surface area contributed by atoms with Crippen LogP contribution in [0.5, 0.6) is 0 Å². The summed E-state index contributed by atoms with van der Waals surface area (Å²) in [5, 5.41) is 7.10. The number of anilines is 1. The van der Waals surface area contributed by atoms with Crippen molar-refractivity contribution in [1.29, 1.82) is 0 Å². The van der Waals surface area contributed by atoms with Gasteiger partial charge in [-0.3, -0.25) is 14.4 Å². The molecule has 0 unspecified atom stereocenters. The Morgan fingerprint density at radius 1 is 1.03 bits per heavy atom. The van der Waals surface area contributed by atoms with Gasteiger partial charge in [-0.1, -0.05) is 42.5 Å². The second kappa shape index (κ2) is 9.89. The molecule has 3 rings (SSSR count). The van der Waals surface area contributed by atoms with Gasteiger partial charge in [-0.2, -0.15) is 5.10 Å². The number of amides is 2. The summed E-state index contributed by atoms with van der Waals surface area (Å²) in [5.74, 6) is -0.700. The van der Waals surface area contributed by atoms with Gasteiger partial charge in [0, 0.05) is 23.6 Å². The van der Waals surface area contributed by atoms with Crippen molar-refractivity contribution in [2.24, 2.45) is 0 Å². The Bertz CT molecular complexity index is 1100. The van der Waals surface area contributed by atoms with Gasteiger partial charge in [0.15, 0.2) is 0 Å². The van der Waals surface area contributed by atoms with Crippen molar-refractivity contribution < 1.29 is 9.59 Å². The van der Waals surface area contributed by atoms with Crippen LogP contribution in [0.2, 0.25) is 0 Å². The molecule has 0 aliphatic heterocycles. The van der Waals surface area contributed by atoms with Crippen LogP contribution >= 0.6 is 11.8 Å². The molecule has 0 aliphatic carbocycles. The van der Waals surface area contributed by atoms with Crippen LogP contribution < -0.4 is 10.9 Å². The molecule has 0 saturated carbocycles. The molecule has 0 saturated heterocycles. The molecule has 1 aromatic heterocycles. The molecular formula is C22H22N4O3S. The molecule has 8 heteroatoms. The Hall–Kier alpha value is -3.39. The fraction of sp³-hybridized carbons (Fsp3) is 0.182.